The maximum absolute atomic E-state index is 5.98. The van der Waals surface area contributed by atoms with E-state index < -0.39 is 0 Å². The van der Waals surface area contributed by atoms with Crippen LogP contribution in [0.2, 0.25) is 0 Å². The number of ether oxygens (including phenoxy) is 1. The first-order chi connectivity index (χ1) is 13.7. The van der Waals surface area contributed by atoms with E-state index in [9.17, 15) is 0 Å². The van der Waals surface area contributed by atoms with E-state index in [1.165, 1.54) is 51.4 Å². The molecule has 1 atom stereocenters. The molecule has 0 radical (unpaired) electrons. The lowest BCUT2D eigenvalue weighted by Crippen LogP contribution is -1.99. The van der Waals surface area contributed by atoms with Crippen molar-refractivity contribution in [3.05, 3.63) is 29.7 Å². The monoisotopic (exact) mass is 386 g/mol. The van der Waals surface area contributed by atoms with Gasteiger partial charge in [-0.05, 0) is 43.5 Å². The molecule has 0 amide bonds. The second kappa shape index (κ2) is 12.6. The Morgan fingerprint density at radius 3 is 2.39 bits per heavy atom. The Morgan fingerprint density at radius 1 is 0.964 bits per heavy atom. The summed E-state index contributed by atoms with van der Waals surface area (Å²) >= 11 is 0. The Kier molecular flexibility index (Phi) is 10.1. The number of aromatic nitrogens is 2. The number of hydrogen-bond donors (Lipinski definition) is 0. The SMILES string of the molecule is CCCCCCCCCOc1ccc(-c2noc([C@@H](C)CCCC)n2)cc1C. The molecule has 0 aliphatic carbocycles. The Morgan fingerprint density at radius 2 is 1.68 bits per heavy atom. The van der Waals surface area contributed by atoms with E-state index in [0.717, 1.165) is 42.2 Å². The predicted octanol–water partition coefficient (Wildman–Crippen LogP) is 7.47. The summed E-state index contributed by atoms with van der Waals surface area (Å²) in [5.41, 5.74) is 2.10. The van der Waals surface area contributed by atoms with Crippen molar-refractivity contribution in [2.45, 2.75) is 97.8 Å². The van der Waals surface area contributed by atoms with E-state index in [-0.39, 0.29) is 0 Å². The molecule has 2 rings (SSSR count). The van der Waals surface area contributed by atoms with Crippen molar-refractivity contribution in [2.24, 2.45) is 0 Å². The fraction of sp³-hybridized carbons (Fsp3) is 0.667. The molecule has 156 valence electrons. The third-order valence-electron chi connectivity index (χ3n) is 5.29. The molecular weight excluding hydrogens is 348 g/mol. The van der Waals surface area contributed by atoms with Gasteiger partial charge in [-0.3, -0.25) is 0 Å². The lowest BCUT2D eigenvalue weighted by molar-refractivity contribution is 0.302. The first-order valence-corrected chi connectivity index (χ1v) is 11.2. The van der Waals surface area contributed by atoms with E-state index >= 15 is 0 Å². The number of nitrogens with zero attached hydrogens (tertiary/aromatic N) is 2. The zero-order valence-corrected chi connectivity index (χ0v) is 18.3. The normalized spacial score (nSPS) is 12.3. The zero-order chi connectivity index (χ0) is 20.2. The van der Waals surface area contributed by atoms with Crippen molar-refractivity contribution in [1.29, 1.82) is 0 Å². The molecule has 0 N–H and O–H groups in total. The number of unbranched alkanes of at least 4 members (excludes halogenated alkanes) is 7. The van der Waals surface area contributed by atoms with E-state index in [4.69, 9.17) is 9.26 Å². The van der Waals surface area contributed by atoms with Gasteiger partial charge in [0.1, 0.15) is 5.75 Å². The second-order valence-electron chi connectivity index (χ2n) is 7.95. The van der Waals surface area contributed by atoms with Crippen molar-refractivity contribution < 1.29 is 9.26 Å². The van der Waals surface area contributed by atoms with Crippen molar-refractivity contribution in [2.75, 3.05) is 6.61 Å². The smallest absolute Gasteiger partial charge is 0.229 e. The van der Waals surface area contributed by atoms with Gasteiger partial charge in [0.25, 0.3) is 0 Å². The van der Waals surface area contributed by atoms with Gasteiger partial charge in [0.15, 0.2) is 0 Å². The fourth-order valence-electron chi connectivity index (χ4n) is 3.38. The molecule has 0 fully saturated rings. The summed E-state index contributed by atoms with van der Waals surface area (Å²) in [5.74, 6) is 2.67. The lowest BCUT2D eigenvalue weighted by atomic mass is 10.0. The van der Waals surface area contributed by atoms with Gasteiger partial charge in [-0.1, -0.05) is 77.3 Å². The molecule has 0 unspecified atom stereocenters. The van der Waals surface area contributed by atoms with Gasteiger partial charge in [0, 0.05) is 11.5 Å². The highest BCUT2D eigenvalue weighted by Gasteiger charge is 2.15. The van der Waals surface area contributed by atoms with Crippen LogP contribution in [0.25, 0.3) is 11.4 Å². The van der Waals surface area contributed by atoms with Crippen LogP contribution in [0.5, 0.6) is 5.75 Å². The predicted molar refractivity (Wildman–Crippen MR) is 116 cm³/mol. The van der Waals surface area contributed by atoms with Crippen LogP contribution in [0.3, 0.4) is 0 Å². The summed E-state index contributed by atoms with van der Waals surface area (Å²) in [6, 6.07) is 6.15. The van der Waals surface area contributed by atoms with Crippen LogP contribution in [0, 0.1) is 6.92 Å². The number of rotatable bonds is 14. The average molecular weight is 387 g/mol. The minimum Gasteiger partial charge on any atom is -0.493 e. The molecule has 4 heteroatoms. The number of aryl methyl sites for hydroxylation is 1. The molecule has 4 nitrogen and oxygen atoms in total. The Hall–Kier alpha value is -1.84. The van der Waals surface area contributed by atoms with Gasteiger partial charge in [0.05, 0.1) is 6.61 Å². The van der Waals surface area contributed by atoms with Gasteiger partial charge >= 0.3 is 0 Å². The first-order valence-electron chi connectivity index (χ1n) is 11.2. The summed E-state index contributed by atoms with van der Waals surface area (Å²) in [5, 5.41) is 4.18. The maximum atomic E-state index is 5.98. The van der Waals surface area contributed by atoms with E-state index in [1.54, 1.807) is 0 Å². The van der Waals surface area contributed by atoms with Crippen molar-refractivity contribution in [3.63, 3.8) is 0 Å². The molecule has 28 heavy (non-hydrogen) atoms. The molecule has 0 bridgehead atoms. The molecule has 1 aromatic heterocycles. The Bertz CT molecular complexity index is 681. The number of hydrogen-bond acceptors (Lipinski definition) is 4. The summed E-state index contributed by atoms with van der Waals surface area (Å²) in [4.78, 5) is 4.60. The van der Waals surface area contributed by atoms with E-state index in [0.29, 0.717) is 11.7 Å². The molecular formula is C24H38N2O2. The van der Waals surface area contributed by atoms with E-state index in [2.05, 4.69) is 43.9 Å². The summed E-state index contributed by atoms with van der Waals surface area (Å²) in [7, 11) is 0. The van der Waals surface area contributed by atoms with Crippen LogP contribution in [-0.4, -0.2) is 16.7 Å². The summed E-state index contributed by atoms with van der Waals surface area (Å²) in [6.45, 7) is 9.47. The molecule has 0 aliphatic rings. The van der Waals surface area contributed by atoms with Crippen molar-refractivity contribution in [1.82, 2.24) is 10.1 Å². The molecule has 2 aromatic rings. The molecule has 0 aliphatic heterocycles. The van der Waals surface area contributed by atoms with Gasteiger partial charge in [-0.25, -0.2) is 0 Å². The molecule has 1 heterocycles. The quantitative estimate of drug-likeness (QED) is 0.316. The molecule has 0 saturated heterocycles. The lowest BCUT2D eigenvalue weighted by Gasteiger charge is -2.10. The Labute approximate surface area is 171 Å². The highest BCUT2D eigenvalue weighted by Crippen LogP contribution is 2.27. The van der Waals surface area contributed by atoms with Crippen LogP contribution in [-0.2, 0) is 0 Å². The first kappa shape index (κ1) is 22.4. The van der Waals surface area contributed by atoms with Gasteiger partial charge in [-0.2, -0.15) is 4.98 Å². The third kappa shape index (κ3) is 7.29. The third-order valence-corrected chi connectivity index (χ3v) is 5.29. The van der Waals surface area contributed by atoms with Gasteiger partial charge in [0.2, 0.25) is 11.7 Å². The second-order valence-corrected chi connectivity index (χ2v) is 7.95. The van der Waals surface area contributed by atoms with Crippen LogP contribution in [0.4, 0.5) is 0 Å². The zero-order valence-electron chi connectivity index (χ0n) is 18.3. The minimum absolute atomic E-state index is 0.312. The maximum Gasteiger partial charge on any atom is 0.229 e. The topological polar surface area (TPSA) is 48.2 Å². The standard InChI is InChI=1S/C24H38N2O2/c1-5-7-9-10-11-12-13-17-27-22-16-15-21(18-20(22)4)23-25-24(28-26-23)19(3)14-8-6-2/h15-16,18-19H,5-14,17H2,1-4H3/t19-/m0/s1. The molecule has 0 saturated carbocycles. The highest BCUT2D eigenvalue weighted by atomic mass is 16.5. The fourth-order valence-corrected chi connectivity index (χ4v) is 3.38. The van der Waals surface area contributed by atoms with Crippen LogP contribution < -0.4 is 4.74 Å². The van der Waals surface area contributed by atoms with Crippen LogP contribution in [0.1, 0.15) is 102 Å². The highest BCUT2D eigenvalue weighted by molar-refractivity contribution is 5.58. The largest absolute Gasteiger partial charge is 0.493 e. The van der Waals surface area contributed by atoms with E-state index in [1.807, 2.05) is 12.1 Å². The van der Waals surface area contributed by atoms with Crippen molar-refractivity contribution >= 4 is 0 Å². The van der Waals surface area contributed by atoms with Gasteiger partial charge in [-0.15, -0.1) is 0 Å². The van der Waals surface area contributed by atoms with Crippen LogP contribution in [0.15, 0.2) is 22.7 Å². The molecule has 0 spiro atoms. The molecule has 1 aromatic carbocycles. The summed E-state index contributed by atoms with van der Waals surface area (Å²) in [6.07, 6.45) is 12.5. The average Bonchev–Trinajstić information content (AvgIpc) is 3.19. The Balaban J connectivity index is 1.81. The van der Waals surface area contributed by atoms with Crippen molar-refractivity contribution in [3.8, 4) is 17.1 Å². The minimum atomic E-state index is 0.312. The van der Waals surface area contributed by atoms with Crippen LogP contribution >= 0.6 is 0 Å². The number of benzene rings is 1. The van der Waals surface area contributed by atoms with Gasteiger partial charge < -0.3 is 9.26 Å². The summed E-state index contributed by atoms with van der Waals surface area (Å²) < 4.78 is 11.5.